The minimum Gasteiger partial charge on any atom is -0.374 e. The van der Waals surface area contributed by atoms with Crippen LogP contribution in [0.3, 0.4) is 0 Å². The molecule has 2 N–H and O–H groups in total. The molecule has 0 aliphatic carbocycles. The Labute approximate surface area is 117 Å². The van der Waals surface area contributed by atoms with E-state index in [1.807, 2.05) is 13.8 Å². The second-order valence-electron chi connectivity index (χ2n) is 4.66. The zero-order chi connectivity index (χ0) is 13.8. The maximum absolute atomic E-state index is 13.2. The van der Waals surface area contributed by atoms with Crippen LogP contribution in [0.15, 0.2) is 22.7 Å². The van der Waals surface area contributed by atoms with Crippen LogP contribution in [0.4, 0.5) is 4.39 Å². The van der Waals surface area contributed by atoms with E-state index in [4.69, 9.17) is 10.5 Å². The Morgan fingerprint density at radius 1 is 1.44 bits per heavy atom. The average Bonchev–Trinajstić information content (AvgIpc) is 2.34. The number of ether oxygens (including phenoxy) is 1. The van der Waals surface area contributed by atoms with Crippen molar-refractivity contribution in [3.63, 3.8) is 0 Å². The average molecular weight is 318 g/mol. The molecule has 4 heteroatoms. The summed E-state index contributed by atoms with van der Waals surface area (Å²) in [4.78, 5) is 0. The smallest absolute Gasteiger partial charge is 0.137 e. The highest BCUT2D eigenvalue weighted by atomic mass is 79.9. The van der Waals surface area contributed by atoms with Crippen molar-refractivity contribution >= 4 is 15.9 Å². The summed E-state index contributed by atoms with van der Waals surface area (Å²) in [5.74, 6) is -0.254. The molecule has 0 bridgehead atoms. The third kappa shape index (κ3) is 3.77. The van der Waals surface area contributed by atoms with Gasteiger partial charge >= 0.3 is 0 Å². The van der Waals surface area contributed by atoms with Crippen molar-refractivity contribution in [1.82, 2.24) is 0 Å². The minimum absolute atomic E-state index is 0.111. The van der Waals surface area contributed by atoms with Gasteiger partial charge in [-0.3, -0.25) is 0 Å². The molecule has 18 heavy (non-hydrogen) atoms. The van der Waals surface area contributed by atoms with Gasteiger partial charge in [0.15, 0.2) is 0 Å². The van der Waals surface area contributed by atoms with Crippen LogP contribution in [0.5, 0.6) is 0 Å². The maximum atomic E-state index is 13.2. The summed E-state index contributed by atoms with van der Waals surface area (Å²) in [6, 6.07) is 4.88. The summed E-state index contributed by atoms with van der Waals surface area (Å²) in [6.07, 6.45) is 1.52. The van der Waals surface area contributed by atoms with Crippen LogP contribution in [0.25, 0.3) is 0 Å². The second kappa shape index (κ2) is 6.64. The molecule has 102 valence electrons. The van der Waals surface area contributed by atoms with E-state index in [0.717, 1.165) is 12.0 Å². The molecule has 0 radical (unpaired) electrons. The Morgan fingerprint density at radius 3 is 2.61 bits per heavy atom. The number of hydrogen-bond acceptors (Lipinski definition) is 2. The Bertz CT molecular complexity index is 399. The number of halogens is 2. The lowest BCUT2D eigenvalue weighted by atomic mass is 9.89. The van der Waals surface area contributed by atoms with Crippen LogP contribution in [0, 0.1) is 5.82 Å². The third-order valence-corrected chi connectivity index (χ3v) is 4.01. The Balaban J connectivity index is 2.79. The van der Waals surface area contributed by atoms with Gasteiger partial charge in [0.1, 0.15) is 5.82 Å². The van der Waals surface area contributed by atoms with Gasteiger partial charge in [-0.25, -0.2) is 4.39 Å². The highest BCUT2D eigenvalue weighted by Crippen LogP contribution is 2.23. The van der Waals surface area contributed by atoms with Crippen LogP contribution in [-0.4, -0.2) is 18.2 Å². The highest BCUT2D eigenvalue weighted by molar-refractivity contribution is 9.10. The van der Waals surface area contributed by atoms with Crippen molar-refractivity contribution < 1.29 is 9.13 Å². The van der Waals surface area contributed by atoms with Crippen LogP contribution in [-0.2, 0) is 11.2 Å². The minimum atomic E-state index is -0.338. The molecule has 2 atom stereocenters. The zero-order valence-corrected chi connectivity index (χ0v) is 12.8. The molecule has 1 aromatic carbocycles. The fourth-order valence-corrected chi connectivity index (χ4v) is 2.36. The predicted octanol–water partition coefficient (Wildman–Crippen LogP) is 3.66. The fourth-order valence-electron chi connectivity index (χ4n) is 1.94. The van der Waals surface area contributed by atoms with Gasteiger partial charge in [0, 0.05) is 12.6 Å². The number of nitrogens with two attached hydrogens (primary N) is 1. The molecule has 0 aliphatic heterocycles. The summed E-state index contributed by atoms with van der Waals surface area (Å²) in [6.45, 7) is 6.70. The summed E-state index contributed by atoms with van der Waals surface area (Å²) in [5, 5.41) is 0. The van der Waals surface area contributed by atoms with E-state index in [-0.39, 0.29) is 17.5 Å². The van der Waals surface area contributed by atoms with Crippen molar-refractivity contribution in [2.24, 2.45) is 5.73 Å². The lowest BCUT2D eigenvalue weighted by molar-refractivity contribution is -0.0461. The highest BCUT2D eigenvalue weighted by Gasteiger charge is 2.30. The lowest BCUT2D eigenvalue weighted by Gasteiger charge is -2.34. The molecule has 0 amide bonds. The SMILES string of the molecule is CCOC(C)(CC)C(N)Cc1ccc(F)c(Br)c1. The van der Waals surface area contributed by atoms with E-state index in [1.54, 1.807) is 12.1 Å². The summed E-state index contributed by atoms with van der Waals surface area (Å²) >= 11 is 3.19. The standard InChI is InChI=1S/C14H21BrFNO/c1-4-14(3,18-5-2)13(17)9-10-6-7-12(16)11(15)8-10/h6-8,13H,4-5,9,17H2,1-3H3. The van der Waals surface area contributed by atoms with Crippen LogP contribution in [0.2, 0.25) is 0 Å². The van der Waals surface area contributed by atoms with E-state index < -0.39 is 0 Å². The monoisotopic (exact) mass is 317 g/mol. The lowest BCUT2D eigenvalue weighted by Crippen LogP contribution is -2.48. The third-order valence-electron chi connectivity index (χ3n) is 3.40. The molecule has 0 saturated carbocycles. The van der Waals surface area contributed by atoms with Gasteiger partial charge in [0.25, 0.3) is 0 Å². The van der Waals surface area contributed by atoms with Crippen molar-refractivity contribution in [2.45, 2.75) is 45.3 Å². The summed E-state index contributed by atoms with van der Waals surface area (Å²) in [5.41, 5.74) is 6.91. The molecular formula is C14H21BrFNO. The van der Waals surface area contributed by atoms with Crippen molar-refractivity contribution in [1.29, 1.82) is 0 Å². The van der Waals surface area contributed by atoms with Crippen molar-refractivity contribution in [3.8, 4) is 0 Å². The van der Waals surface area contributed by atoms with Gasteiger partial charge < -0.3 is 10.5 Å². The Morgan fingerprint density at radius 2 is 2.11 bits per heavy atom. The van der Waals surface area contributed by atoms with E-state index >= 15 is 0 Å². The van der Waals surface area contributed by atoms with E-state index in [9.17, 15) is 4.39 Å². The molecule has 1 aromatic rings. The zero-order valence-electron chi connectivity index (χ0n) is 11.2. The first-order valence-corrected chi connectivity index (χ1v) is 7.05. The topological polar surface area (TPSA) is 35.2 Å². The fraction of sp³-hybridized carbons (Fsp3) is 0.571. The molecule has 0 aliphatic rings. The summed E-state index contributed by atoms with van der Waals surface area (Å²) in [7, 11) is 0. The van der Waals surface area contributed by atoms with E-state index in [2.05, 4.69) is 22.9 Å². The van der Waals surface area contributed by atoms with Crippen LogP contribution < -0.4 is 5.73 Å². The first kappa shape index (κ1) is 15.6. The number of rotatable bonds is 6. The second-order valence-corrected chi connectivity index (χ2v) is 5.51. The first-order chi connectivity index (χ1) is 8.42. The molecule has 1 rings (SSSR count). The number of benzene rings is 1. The van der Waals surface area contributed by atoms with Crippen molar-refractivity contribution in [3.05, 3.63) is 34.1 Å². The maximum Gasteiger partial charge on any atom is 0.137 e. The normalized spacial score (nSPS) is 16.3. The largest absolute Gasteiger partial charge is 0.374 e. The van der Waals surface area contributed by atoms with Gasteiger partial charge in [0.2, 0.25) is 0 Å². The van der Waals surface area contributed by atoms with Gasteiger partial charge in [-0.05, 0) is 60.3 Å². The van der Waals surface area contributed by atoms with E-state index in [0.29, 0.717) is 17.5 Å². The van der Waals surface area contributed by atoms with Gasteiger partial charge in [-0.2, -0.15) is 0 Å². The molecule has 0 aromatic heterocycles. The Hall–Kier alpha value is -0.450. The molecular weight excluding hydrogens is 297 g/mol. The molecule has 0 heterocycles. The van der Waals surface area contributed by atoms with Gasteiger partial charge in [-0.15, -0.1) is 0 Å². The molecule has 0 fully saturated rings. The molecule has 0 saturated heterocycles. The molecule has 2 unspecified atom stereocenters. The van der Waals surface area contributed by atoms with Crippen LogP contribution >= 0.6 is 15.9 Å². The quantitative estimate of drug-likeness (QED) is 0.869. The Kier molecular flexibility index (Phi) is 5.76. The van der Waals surface area contributed by atoms with Gasteiger partial charge in [0.05, 0.1) is 10.1 Å². The molecule has 2 nitrogen and oxygen atoms in total. The first-order valence-electron chi connectivity index (χ1n) is 6.26. The summed E-state index contributed by atoms with van der Waals surface area (Å²) < 4.78 is 19.4. The predicted molar refractivity (Wildman–Crippen MR) is 76.1 cm³/mol. The van der Waals surface area contributed by atoms with E-state index in [1.165, 1.54) is 6.07 Å². The van der Waals surface area contributed by atoms with Gasteiger partial charge in [-0.1, -0.05) is 13.0 Å². The van der Waals surface area contributed by atoms with Crippen LogP contribution in [0.1, 0.15) is 32.8 Å². The van der Waals surface area contributed by atoms with Crippen molar-refractivity contribution in [2.75, 3.05) is 6.61 Å². The molecule has 0 spiro atoms. The number of hydrogen-bond donors (Lipinski definition) is 1.